The van der Waals surface area contributed by atoms with E-state index in [-0.39, 0.29) is 0 Å². The van der Waals surface area contributed by atoms with Gasteiger partial charge in [0.15, 0.2) is 0 Å². The molecule has 2 atom stereocenters. The van der Waals surface area contributed by atoms with Crippen molar-refractivity contribution in [1.29, 1.82) is 0 Å². The second-order valence-electron chi connectivity index (χ2n) is 6.44. The van der Waals surface area contributed by atoms with Gasteiger partial charge < -0.3 is 10.2 Å². The molecule has 2 unspecified atom stereocenters. The Hall–Kier alpha value is -1.02. The van der Waals surface area contributed by atoms with Crippen LogP contribution in [0.25, 0.3) is 0 Å². The van der Waals surface area contributed by atoms with Gasteiger partial charge in [0.25, 0.3) is 0 Å². The van der Waals surface area contributed by atoms with E-state index >= 15 is 0 Å². The van der Waals surface area contributed by atoms with Crippen molar-refractivity contribution in [3.8, 4) is 0 Å². The molecule has 1 saturated carbocycles. The van der Waals surface area contributed by atoms with E-state index in [1.54, 1.807) is 16.8 Å². The van der Waals surface area contributed by atoms with E-state index in [1.165, 1.54) is 45.1 Å². The molecule has 0 radical (unpaired) electrons. The van der Waals surface area contributed by atoms with E-state index in [9.17, 15) is 0 Å². The first-order valence-electron chi connectivity index (χ1n) is 8.01. The number of piperidine rings is 1. The predicted molar refractivity (Wildman–Crippen MR) is 79.6 cm³/mol. The third-order valence-electron chi connectivity index (χ3n) is 5.42. The van der Waals surface area contributed by atoms with Crippen LogP contribution in [0.4, 0.5) is 5.69 Å². The Labute approximate surface area is 116 Å². The van der Waals surface area contributed by atoms with Gasteiger partial charge in [-0.15, -0.1) is 0 Å². The van der Waals surface area contributed by atoms with Gasteiger partial charge in [0.1, 0.15) is 0 Å². The van der Waals surface area contributed by atoms with E-state index < -0.39 is 0 Å². The monoisotopic (exact) mass is 256 g/mol. The molecule has 4 rings (SSSR count). The van der Waals surface area contributed by atoms with Crippen molar-refractivity contribution in [2.45, 2.75) is 51.1 Å². The number of nitrogens with one attached hydrogen (secondary N) is 1. The van der Waals surface area contributed by atoms with Crippen LogP contribution in [0.3, 0.4) is 0 Å². The first-order chi connectivity index (χ1) is 9.43. The maximum absolute atomic E-state index is 3.55. The number of fused-ring (bicyclic) bond motifs is 2. The zero-order chi connectivity index (χ0) is 12.7. The van der Waals surface area contributed by atoms with Crippen molar-refractivity contribution in [2.75, 3.05) is 18.0 Å². The largest absolute Gasteiger partial charge is 0.368 e. The Morgan fingerprint density at radius 1 is 1.11 bits per heavy atom. The molecule has 1 saturated heterocycles. The first-order valence-corrected chi connectivity index (χ1v) is 8.01. The van der Waals surface area contributed by atoms with Crippen molar-refractivity contribution >= 4 is 5.69 Å². The SMILES string of the molecule is c1cc2c(c(N3CCCC4CCCC43)c1)CNCC2. The molecule has 2 nitrogen and oxygen atoms in total. The summed E-state index contributed by atoms with van der Waals surface area (Å²) in [6.07, 6.45) is 8.38. The van der Waals surface area contributed by atoms with Gasteiger partial charge in [0.2, 0.25) is 0 Å². The second kappa shape index (κ2) is 4.82. The third-order valence-corrected chi connectivity index (χ3v) is 5.42. The predicted octanol–water partition coefficient (Wildman–Crippen LogP) is 3.10. The highest BCUT2D eigenvalue weighted by Gasteiger charge is 2.36. The zero-order valence-electron chi connectivity index (χ0n) is 11.7. The van der Waals surface area contributed by atoms with Crippen LogP contribution >= 0.6 is 0 Å². The minimum Gasteiger partial charge on any atom is -0.368 e. The topological polar surface area (TPSA) is 15.3 Å². The van der Waals surface area contributed by atoms with Crippen molar-refractivity contribution in [2.24, 2.45) is 5.92 Å². The van der Waals surface area contributed by atoms with Crippen molar-refractivity contribution in [3.05, 3.63) is 29.3 Å². The van der Waals surface area contributed by atoms with Crippen LogP contribution in [0, 0.1) is 5.92 Å². The number of benzene rings is 1. The molecule has 3 aliphatic rings. The molecule has 1 aromatic carbocycles. The summed E-state index contributed by atoms with van der Waals surface area (Å²) in [4.78, 5) is 2.76. The number of hydrogen-bond acceptors (Lipinski definition) is 2. The molecule has 102 valence electrons. The van der Waals surface area contributed by atoms with Gasteiger partial charge >= 0.3 is 0 Å². The number of rotatable bonds is 1. The lowest BCUT2D eigenvalue weighted by Crippen LogP contribution is -2.43. The minimum atomic E-state index is 0.835. The van der Waals surface area contributed by atoms with E-state index in [1.807, 2.05) is 0 Å². The average Bonchev–Trinajstić information content (AvgIpc) is 2.95. The molecule has 2 aliphatic heterocycles. The lowest BCUT2D eigenvalue weighted by molar-refractivity contribution is 0.361. The zero-order valence-corrected chi connectivity index (χ0v) is 11.7. The molecule has 0 bridgehead atoms. The Kier molecular flexibility index (Phi) is 2.99. The van der Waals surface area contributed by atoms with Crippen LogP contribution in [-0.2, 0) is 13.0 Å². The summed E-state index contributed by atoms with van der Waals surface area (Å²) in [5, 5.41) is 3.55. The van der Waals surface area contributed by atoms with E-state index in [2.05, 4.69) is 28.4 Å². The quantitative estimate of drug-likeness (QED) is 0.830. The summed E-state index contributed by atoms with van der Waals surface area (Å²) >= 11 is 0. The van der Waals surface area contributed by atoms with Gasteiger partial charge in [-0.2, -0.15) is 0 Å². The highest BCUT2D eigenvalue weighted by molar-refractivity contribution is 5.58. The maximum Gasteiger partial charge on any atom is 0.0417 e. The first kappa shape index (κ1) is 11.8. The van der Waals surface area contributed by atoms with Gasteiger partial charge in [-0.05, 0) is 61.8 Å². The fourth-order valence-corrected chi connectivity index (χ4v) is 4.52. The molecule has 1 N–H and O–H groups in total. The second-order valence-corrected chi connectivity index (χ2v) is 6.44. The molecular weight excluding hydrogens is 232 g/mol. The highest BCUT2D eigenvalue weighted by Crippen LogP contribution is 2.40. The lowest BCUT2D eigenvalue weighted by atomic mass is 9.90. The van der Waals surface area contributed by atoms with Crippen LogP contribution in [0.5, 0.6) is 0 Å². The Bertz CT molecular complexity index is 468. The molecule has 2 fully saturated rings. The average molecular weight is 256 g/mol. The molecule has 2 heteroatoms. The van der Waals surface area contributed by atoms with Crippen molar-refractivity contribution < 1.29 is 0 Å². The molecular formula is C17H24N2. The standard InChI is InChI=1S/C17H24N2/c1-4-13-9-10-18-12-15(13)17(8-1)19-11-3-6-14-5-2-7-16(14)19/h1,4,8,14,16,18H,2-3,5-7,9-12H2. The molecule has 19 heavy (non-hydrogen) atoms. The van der Waals surface area contributed by atoms with Crippen LogP contribution in [0.1, 0.15) is 43.2 Å². The lowest BCUT2D eigenvalue weighted by Gasteiger charge is -2.41. The van der Waals surface area contributed by atoms with Gasteiger partial charge in [-0.1, -0.05) is 18.6 Å². The van der Waals surface area contributed by atoms with Gasteiger partial charge in [0.05, 0.1) is 0 Å². The fourth-order valence-electron chi connectivity index (χ4n) is 4.52. The molecule has 1 aliphatic carbocycles. The molecule has 0 spiro atoms. The highest BCUT2D eigenvalue weighted by atomic mass is 15.2. The fraction of sp³-hybridized carbons (Fsp3) is 0.647. The van der Waals surface area contributed by atoms with Crippen molar-refractivity contribution in [1.82, 2.24) is 5.32 Å². The normalized spacial score (nSPS) is 30.0. The van der Waals surface area contributed by atoms with Gasteiger partial charge in [-0.25, -0.2) is 0 Å². The summed E-state index contributed by atoms with van der Waals surface area (Å²) in [6.45, 7) is 3.49. The minimum absolute atomic E-state index is 0.835. The Morgan fingerprint density at radius 3 is 3.05 bits per heavy atom. The van der Waals surface area contributed by atoms with Crippen LogP contribution < -0.4 is 10.2 Å². The summed E-state index contributed by atoms with van der Waals surface area (Å²) in [6, 6.07) is 7.81. The Morgan fingerprint density at radius 2 is 2.05 bits per heavy atom. The number of hydrogen-bond donors (Lipinski definition) is 1. The third kappa shape index (κ3) is 1.97. The van der Waals surface area contributed by atoms with Crippen molar-refractivity contribution in [3.63, 3.8) is 0 Å². The summed E-state index contributed by atoms with van der Waals surface area (Å²) in [7, 11) is 0. The van der Waals surface area contributed by atoms with Gasteiger partial charge in [0, 0.05) is 24.8 Å². The Balaban J connectivity index is 1.71. The number of anilines is 1. The molecule has 2 heterocycles. The van der Waals surface area contributed by atoms with E-state index in [4.69, 9.17) is 0 Å². The van der Waals surface area contributed by atoms with Gasteiger partial charge in [-0.3, -0.25) is 0 Å². The van der Waals surface area contributed by atoms with E-state index in [0.717, 1.165) is 25.0 Å². The van der Waals surface area contributed by atoms with Crippen LogP contribution in [-0.4, -0.2) is 19.1 Å². The molecule has 0 aromatic heterocycles. The molecule has 0 amide bonds. The summed E-state index contributed by atoms with van der Waals surface area (Å²) in [5.41, 5.74) is 4.71. The van der Waals surface area contributed by atoms with Crippen LogP contribution in [0.2, 0.25) is 0 Å². The maximum atomic E-state index is 3.55. The molecule has 1 aromatic rings. The smallest absolute Gasteiger partial charge is 0.0417 e. The van der Waals surface area contributed by atoms with E-state index in [0.29, 0.717) is 0 Å². The summed E-state index contributed by atoms with van der Waals surface area (Å²) < 4.78 is 0. The van der Waals surface area contributed by atoms with Crippen LogP contribution in [0.15, 0.2) is 18.2 Å². The number of nitrogens with zero attached hydrogens (tertiary/aromatic N) is 1. The summed E-state index contributed by atoms with van der Waals surface area (Å²) in [5.74, 6) is 0.973.